The minimum Gasteiger partial charge on any atom is -0.380 e. The number of nitrogens with zero attached hydrogens (tertiary/aromatic N) is 4. The van der Waals surface area contributed by atoms with Crippen molar-refractivity contribution in [2.75, 3.05) is 25.5 Å². The van der Waals surface area contributed by atoms with Gasteiger partial charge in [0.25, 0.3) is 0 Å². The molecule has 0 spiro atoms. The summed E-state index contributed by atoms with van der Waals surface area (Å²) in [6.45, 7) is 2.31. The van der Waals surface area contributed by atoms with E-state index in [1.807, 2.05) is 12.3 Å². The molecule has 0 atom stereocenters. The van der Waals surface area contributed by atoms with E-state index in [9.17, 15) is 0 Å². The first-order valence-electron chi connectivity index (χ1n) is 6.74. The fourth-order valence-corrected chi connectivity index (χ4v) is 2.51. The third-order valence-corrected chi connectivity index (χ3v) is 3.65. The van der Waals surface area contributed by atoms with E-state index in [4.69, 9.17) is 0 Å². The lowest BCUT2D eigenvalue weighted by Crippen LogP contribution is -2.36. The van der Waals surface area contributed by atoms with E-state index in [0.717, 1.165) is 24.5 Å². The van der Waals surface area contributed by atoms with Gasteiger partial charge in [-0.1, -0.05) is 17.3 Å². The molecule has 1 saturated heterocycles. The number of benzene rings is 1. The highest BCUT2D eigenvalue weighted by Gasteiger charge is 2.17. The SMILES string of the molecule is CN1CCC(Nc2ccccc2-n2ccnn2)CC1. The van der Waals surface area contributed by atoms with E-state index in [-0.39, 0.29) is 0 Å². The molecule has 0 unspecified atom stereocenters. The van der Waals surface area contributed by atoms with Crippen molar-refractivity contribution in [1.29, 1.82) is 0 Å². The summed E-state index contributed by atoms with van der Waals surface area (Å²) in [5.41, 5.74) is 2.18. The molecule has 5 heteroatoms. The third-order valence-electron chi connectivity index (χ3n) is 3.65. The summed E-state index contributed by atoms with van der Waals surface area (Å²) in [4.78, 5) is 2.38. The van der Waals surface area contributed by atoms with Crippen LogP contribution in [0.5, 0.6) is 0 Å². The molecule has 2 heterocycles. The minimum absolute atomic E-state index is 0.542. The van der Waals surface area contributed by atoms with Gasteiger partial charge < -0.3 is 10.2 Å². The minimum atomic E-state index is 0.542. The zero-order valence-electron chi connectivity index (χ0n) is 11.2. The summed E-state index contributed by atoms with van der Waals surface area (Å²) in [7, 11) is 2.18. The Morgan fingerprint density at radius 3 is 2.74 bits per heavy atom. The van der Waals surface area contributed by atoms with Crippen LogP contribution in [-0.2, 0) is 0 Å². The number of rotatable bonds is 3. The van der Waals surface area contributed by atoms with Gasteiger partial charge in [-0.05, 0) is 45.1 Å². The van der Waals surface area contributed by atoms with Gasteiger partial charge in [-0.15, -0.1) is 5.10 Å². The third kappa shape index (κ3) is 2.76. The quantitative estimate of drug-likeness (QED) is 0.910. The predicted octanol–water partition coefficient (Wildman–Crippen LogP) is 1.77. The molecule has 1 aromatic heterocycles. The molecule has 1 aromatic carbocycles. The molecule has 0 bridgehead atoms. The van der Waals surface area contributed by atoms with Crippen molar-refractivity contribution in [2.24, 2.45) is 0 Å². The second-order valence-corrected chi connectivity index (χ2v) is 5.09. The van der Waals surface area contributed by atoms with Crippen molar-refractivity contribution in [1.82, 2.24) is 19.9 Å². The summed E-state index contributed by atoms with van der Waals surface area (Å²) in [6, 6.07) is 8.79. The largest absolute Gasteiger partial charge is 0.380 e. The normalized spacial score (nSPS) is 17.5. The lowest BCUT2D eigenvalue weighted by Gasteiger charge is -2.30. The first-order chi connectivity index (χ1) is 9.33. The van der Waals surface area contributed by atoms with Gasteiger partial charge in [0.05, 0.1) is 23.8 Å². The van der Waals surface area contributed by atoms with Gasteiger partial charge in [0, 0.05) is 6.04 Å². The fraction of sp³-hybridized carbons (Fsp3) is 0.429. The summed E-state index contributed by atoms with van der Waals surface area (Å²) in [5.74, 6) is 0. The molecule has 5 nitrogen and oxygen atoms in total. The molecule has 0 aliphatic carbocycles. The van der Waals surface area contributed by atoms with Gasteiger partial charge in [0.1, 0.15) is 0 Å². The Hall–Kier alpha value is -1.88. The molecule has 1 aliphatic rings. The number of para-hydroxylation sites is 2. The number of anilines is 1. The Kier molecular flexibility index (Phi) is 3.46. The Bertz CT molecular complexity index is 514. The molecule has 0 amide bonds. The molecular formula is C14H19N5. The topological polar surface area (TPSA) is 46.0 Å². The highest BCUT2D eigenvalue weighted by atomic mass is 15.4. The molecule has 3 rings (SSSR count). The van der Waals surface area contributed by atoms with Gasteiger partial charge in [-0.2, -0.15) is 0 Å². The van der Waals surface area contributed by atoms with Crippen LogP contribution in [0.3, 0.4) is 0 Å². The molecule has 2 aromatic rings. The van der Waals surface area contributed by atoms with Crippen LogP contribution in [0, 0.1) is 0 Å². The van der Waals surface area contributed by atoms with Crippen LogP contribution >= 0.6 is 0 Å². The maximum atomic E-state index is 4.07. The molecule has 100 valence electrons. The molecule has 1 aliphatic heterocycles. The molecule has 0 radical (unpaired) electrons. The van der Waals surface area contributed by atoms with Crippen LogP contribution in [0.2, 0.25) is 0 Å². The van der Waals surface area contributed by atoms with Gasteiger partial charge in [0.15, 0.2) is 0 Å². The maximum Gasteiger partial charge on any atom is 0.0894 e. The van der Waals surface area contributed by atoms with Crippen LogP contribution in [-0.4, -0.2) is 46.1 Å². The Morgan fingerprint density at radius 2 is 2.00 bits per heavy atom. The first-order valence-corrected chi connectivity index (χ1v) is 6.74. The molecular weight excluding hydrogens is 238 g/mol. The zero-order chi connectivity index (χ0) is 13.1. The van der Waals surface area contributed by atoms with Gasteiger partial charge in [-0.3, -0.25) is 0 Å². The predicted molar refractivity (Wildman–Crippen MR) is 75.5 cm³/mol. The van der Waals surface area contributed by atoms with Crippen molar-refractivity contribution >= 4 is 5.69 Å². The maximum absolute atomic E-state index is 4.07. The average molecular weight is 257 g/mol. The number of likely N-dealkylation sites (tertiary alicyclic amines) is 1. The van der Waals surface area contributed by atoms with Crippen LogP contribution in [0.4, 0.5) is 5.69 Å². The summed E-state index contributed by atoms with van der Waals surface area (Å²) >= 11 is 0. The Morgan fingerprint density at radius 1 is 1.21 bits per heavy atom. The van der Waals surface area contributed by atoms with E-state index in [1.54, 1.807) is 10.9 Å². The highest BCUT2D eigenvalue weighted by Crippen LogP contribution is 2.22. The van der Waals surface area contributed by atoms with Crippen molar-refractivity contribution in [3.05, 3.63) is 36.7 Å². The molecule has 1 fully saturated rings. The van der Waals surface area contributed by atoms with E-state index in [0.29, 0.717) is 6.04 Å². The van der Waals surface area contributed by atoms with Crippen LogP contribution < -0.4 is 5.32 Å². The summed E-state index contributed by atoms with van der Waals surface area (Å²) in [5, 5.41) is 11.6. The Labute approximate surface area is 113 Å². The molecule has 0 saturated carbocycles. The van der Waals surface area contributed by atoms with E-state index in [2.05, 4.69) is 45.8 Å². The first kappa shape index (κ1) is 12.2. The van der Waals surface area contributed by atoms with Gasteiger partial charge in [-0.25, -0.2) is 4.68 Å². The second kappa shape index (κ2) is 5.40. The average Bonchev–Trinajstić information content (AvgIpc) is 2.96. The number of hydrogen-bond acceptors (Lipinski definition) is 4. The Balaban J connectivity index is 1.78. The van der Waals surface area contributed by atoms with E-state index in [1.165, 1.54) is 12.8 Å². The lowest BCUT2D eigenvalue weighted by atomic mass is 10.0. The smallest absolute Gasteiger partial charge is 0.0894 e. The van der Waals surface area contributed by atoms with E-state index >= 15 is 0 Å². The number of aromatic nitrogens is 3. The van der Waals surface area contributed by atoms with Crippen molar-refractivity contribution < 1.29 is 0 Å². The summed E-state index contributed by atoms with van der Waals surface area (Å²) < 4.78 is 1.80. The number of nitrogens with one attached hydrogen (secondary N) is 1. The van der Waals surface area contributed by atoms with Crippen molar-refractivity contribution in [3.8, 4) is 5.69 Å². The van der Waals surface area contributed by atoms with Crippen LogP contribution in [0.1, 0.15) is 12.8 Å². The second-order valence-electron chi connectivity index (χ2n) is 5.09. The van der Waals surface area contributed by atoms with Crippen LogP contribution in [0.25, 0.3) is 5.69 Å². The van der Waals surface area contributed by atoms with Crippen molar-refractivity contribution in [3.63, 3.8) is 0 Å². The number of piperidine rings is 1. The molecule has 1 N–H and O–H groups in total. The van der Waals surface area contributed by atoms with Crippen LogP contribution in [0.15, 0.2) is 36.7 Å². The fourth-order valence-electron chi connectivity index (χ4n) is 2.51. The highest BCUT2D eigenvalue weighted by molar-refractivity contribution is 5.60. The number of hydrogen-bond donors (Lipinski definition) is 1. The van der Waals surface area contributed by atoms with Crippen molar-refractivity contribution in [2.45, 2.75) is 18.9 Å². The summed E-state index contributed by atoms with van der Waals surface area (Å²) in [6.07, 6.45) is 5.94. The van der Waals surface area contributed by atoms with E-state index < -0.39 is 0 Å². The standard InChI is InChI=1S/C14H19N5/c1-18-9-6-12(7-10-18)16-13-4-2-3-5-14(13)19-11-8-15-17-19/h2-5,8,11-12,16H,6-7,9-10H2,1H3. The van der Waals surface area contributed by atoms with Gasteiger partial charge in [0.2, 0.25) is 0 Å². The lowest BCUT2D eigenvalue weighted by molar-refractivity contribution is 0.264. The molecule has 19 heavy (non-hydrogen) atoms. The monoisotopic (exact) mass is 257 g/mol. The zero-order valence-corrected chi connectivity index (χ0v) is 11.2. The van der Waals surface area contributed by atoms with Gasteiger partial charge >= 0.3 is 0 Å².